The molecule has 1 amide bonds. The Balaban J connectivity index is 1.64. The number of benzene rings is 3. The first-order valence-corrected chi connectivity index (χ1v) is 8.60. The van der Waals surface area contributed by atoms with Crippen molar-refractivity contribution in [3.63, 3.8) is 0 Å². The molecule has 0 unspecified atom stereocenters. The van der Waals surface area contributed by atoms with Crippen LogP contribution in [0.3, 0.4) is 0 Å². The van der Waals surface area contributed by atoms with E-state index in [1.165, 1.54) is 18.2 Å². The third kappa shape index (κ3) is 3.43. The Hall–Kier alpha value is -3.71. The molecular formula is C20H12ClN3O4. The number of amides is 1. The normalized spacial score (nSPS) is 10.8. The molecule has 0 spiro atoms. The van der Waals surface area contributed by atoms with E-state index in [2.05, 4.69) is 10.3 Å². The van der Waals surface area contributed by atoms with Gasteiger partial charge in [0.2, 0.25) is 5.89 Å². The lowest BCUT2D eigenvalue weighted by Crippen LogP contribution is -2.13. The van der Waals surface area contributed by atoms with Crippen LogP contribution in [0.1, 0.15) is 10.4 Å². The van der Waals surface area contributed by atoms with Crippen molar-refractivity contribution in [1.29, 1.82) is 0 Å². The van der Waals surface area contributed by atoms with Crippen molar-refractivity contribution in [2.45, 2.75) is 0 Å². The molecule has 0 saturated heterocycles. The van der Waals surface area contributed by atoms with Gasteiger partial charge in [0.05, 0.1) is 4.92 Å². The zero-order chi connectivity index (χ0) is 19.7. The number of carbonyl (C=O) groups excluding carboxylic acids is 1. The Morgan fingerprint density at radius 3 is 2.68 bits per heavy atom. The highest BCUT2D eigenvalue weighted by atomic mass is 35.5. The number of nitrogens with one attached hydrogen (secondary N) is 1. The van der Waals surface area contributed by atoms with Crippen LogP contribution in [0, 0.1) is 10.1 Å². The number of aromatic nitrogens is 1. The van der Waals surface area contributed by atoms with Crippen molar-refractivity contribution < 1.29 is 14.1 Å². The Morgan fingerprint density at radius 1 is 1.07 bits per heavy atom. The highest BCUT2D eigenvalue weighted by Crippen LogP contribution is 2.28. The number of hydrogen-bond donors (Lipinski definition) is 1. The predicted octanol–water partition coefficient (Wildman–Crippen LogP) is 5.31. The molecule has 0 radical (unpaired) electrons. The number of nitro groups is 1. The van der Waals surface area contributed by atoms with Gasteiger partial charge >= 0.3 is 0 Å². The third-order valence-electron chi connectivity index (χ3n) is 4.06. The summed E-state index contributed by atoms with van der Waals surface area (Å²) >= 11 is 6.00. The summed E-state index contributed by atoms with van der Waals surface area (Å²) in [6.07, 6.45) is 0. The number of nitrogens with zero attached hydrogens (tertiary/aromatic N) is 2. The van der Waals surface area contributed by atoms with Crippen molar-refractivity contribution in [1.82, 2.24) is 4.98 Å². The van der Waals surface area contributed by atoms with Gasteiger partial charge in [0.1, 0.15) is 11.1 Å². The highest BCUT2D eigenvalue weighted by Gasteiger charge is 2.19. The molecular weight excluding hydrogens is 382 g/mol. The van der Waals surface area contributed by atoms with E-state index in [9.17, 15) is 14.9 Å². The van der Waals surface area contributed by atoms with Gasteiger partial charge in [-0.1, -0.05) is 29.8 Å². The molecule has 4 aromatic rings. The Bertz CT molecular complexity index is 1220. The summed E-state index contributed by atoms with van der Waals surface area (Å²) in [5.41, 5.74) is 1.97. The van der Waals surface area contributed by atoms with Crippen LogP contribution in [0.15, 0.2) is 71.1 Å². The van der Waals surface area contributed by atoms with E-state index < -0.39 is 10.8 Å². The summed E-state index contributed by atoms with van der Waals surface area (Å²) in [5.74, 6) is -0.176. The van der Waals surface area contributed by atoms with Gasteiger partial charge in [0, 0.05) is 22.3 Å². The molecule has 0 bridgehead atoms. The molecule has 0 fully saturated rings. The third-order valence-corrected chi connectivity index (χ3v) is 4.30. The molecule has 0 aliphatic heterocycles. The average Bonchev–Trinajstić information content (AvgIpc) is 3.11. The van der Waals surface area contributed by atoms with Crippen LogP contribution < -0.4 is 5.32 Å². The standard InChI is InChI=1S/C20H12ClN3O4/c21-13-5-3-4-12(10-13)20-23-16-11-14(8-9-18(16)28-20)22-19(25)15-6-1-2-7-17(15)24(26)27/h1-11H,(H,22,25). The fourth-order valence-corrected chi connectivity index (χ4v) is 2.96. The molecule has 1 heterocycles. The number of halogens is 1. The molecule has 0 atom stereocenters. The van der Waals surface area contributed by atoms with E-state index in [0.29, 0.717) is 27.7 Å². The summed E-state index contributed by atoms with van der Waals surface area (Å²) in [5, 5.41) is 14.3. The van der Waals surface area contributed by atoms with Gasteiger partial charge in [-0.05, 0) is 42.5 Å². The maximum absolute atomic E-state index is 12.5. The van der Waals surface area contributed by atoms with Crippen LogP contribution in [-0.2, 0) is 0 Å². The maximum atomic E-state index is 12.5. The largest absolute Gasteiger partial charge is 0.436 e. The molecule has 8 heteroatoms. The van der Waals surface area contributed by atoms with Crippen LogP contribution in [0.5, 0.6) is 0 Å². The molecule has 28 heavy (non-hydrogen) atoms. The smallest absolute Gasteiger partial charge is 0.282 e. The molecule has 0 aliphatic carbocycles. The summed E-state index contributed by atoms with van der Waals surface area (Å²) in [4.78, 5) is 27.4. The number of nitro benzene ring substituents is 1. The zero-order valence-corrected chi connectivity index (χ0v) is 15.0. The first-order chi connectivity index (χ1) is 13.5. The second-order valence-electron chi connectivity index (χ2n) is 5.94. The van der Waals surface area contributed by atoms with Crippen LogP contribution in [0.4, 0.5) is 11.4 Å². The number of para-hydroxylation sites is 1. The summed E-state index contributed by atoms with van der Waals surface area (Å²) in [6, 6.07) is 17.8. The van der Waals surface area contributed by atoms with E-state index in [1.807, 2.05) is 6.07 Å². The minimum Gasteiger partial charge on any atom is -0.436 e. The van der Waals surface area contributed by atoms with Gasteiger partial charge < -0.3 is 9.73 Å². The quantitative estimate of drug-likeness (QED) is 0.374. The monoisotopic (exact) mass is 393 g/mol. The summed E-state index contributed by atoms with van der Waals surface area (Å²) in [7, 11) is 0. The number of fused-ring (bicyclic) bond motifs is 1. The van der Waals surface area contributed by atoms with Crippen molar-refractivity contribution >= 4 is 40.0 Å². The number of oxazole rings is 1. The lowest BCUT2D eigenvalue weighted by molar-refractivity contribution is -0.385. The van der Waals surface area contributed by atoms with Crippen molar-refractivity contribution in [2.24, 2.45) is 0 Å². The van der Waals surface area contributed by atoms with Crippen LogP contribution >= 0.6 is 11.6 Å². The number of rotatable bonds is 4. The van der Waals surface area contributed by atoms with Crippen LogP contribution in [-0.4, -0.2) is 15.8 Å². The second kappa shape index (κ2) is 7.13. The minimum atomic E-state index is -0.590. The molecule has 1 N–H and O–H groups in total. The van der Waals surface area contributed by atoms with Crippen molar-refractivity contribution in [3.8, 4) is 11.5 Å². The molecule has 0 saturated carbocycles. The summed E-state index contributed by atoms with van der Waals surface area (Å²) in [6.45, 7) is 0. The number of carbonyl (C=O) groups is 1. The first kappa shape index (κ1) is 17.7. The number of hydrogen-bond acceptors (Lipinski definition) is 5. The van der Waals surface area contributed by atoms with Gasteiger partial charge in [0.25, 0.3) is 11.6 Å². The van der Waals surface area contributed by atoms with Crippen molar-refractivity contribution in [3.05, 3.63) is 87.4 Å². The van der Waals surface area contributed by atoms with Gasteiger partial charge in [-0.2, -0.15) is 0 Å². The van der Waals surface area contributed by atoms with Crippen LogP contribution in [0.25, 0.3) is 22.6 Å². The molecule has 1 aromatic heterocycles. The van der Waals surface area contributed by atoms with E-state index in [4.69, 9.17) is 16.0 Å². The molecule has 138 valence electrons. The highest BCUT2D eigenvalue weighted by molar-refractivity contribution is 6.30. The molecule has 7 nitrogen and oxygen atoms in total. The average molecular weight is 394 g/mol. The Morgan fingerprint density at radius 2 is 1.89 bits per heavy atom. The van der Waals surface area contributed by atoms with Gasteiger partial charge in [-0.25, -0.2) is 4.98 Å². The van der Waals surface area contributed by atoms with E-state index in [0.717, 1.165) is 5.56 Å². The van der Waals surface area contributed by atoms with E-state index in [-0.39, 0.29) is 11.3 Å². The fraction of sp³-hybridized carbons (Fsp3) is 0. The lowest BCUT2D eigenvalue weighted by Gasteiger charge is -2.05. The molecule has 3 aromatic carbocycles. The fourth-order valence-electron chi connectivity index (χ4n) is 2.77. The lowest BCUT2D eigenvalue weighted by atomic mass is 10.1. The Kier molecular flexibility index (Phi) is 4.50. The SMILES string of the molecule is O=C(Nc1ccc2oc(-c3cccc(Cl)c3)nc2c1)c1ccccc1[N+](=O)[O-]. The van der Waals surface area contributed by atoms with E-state index >= 15 is 0 Å². The maximum Gasteiger partial charge on any atom is 0.282 e. The molecule has 4 rings (SSSR count). The predicted molar refractivity (Wildman–Crippen MR) is 106 cm³/mol. The molecule has 0 aliphatic rings. The first-order valence-electron chi connectivity index (χ1n) is 8.22. The Labute approximate surface area is 163 Å². The minimum absolute atomic E-state index is 0.0210. The topological polar surface area (TPSA) is 98.3 Å². The zero-order valence-electron chi connectivity index (χ0n) is 14.3. The van der Waals surface area contributed by atoms with Crippen molar-refractivity contribution in [2.75, 3.05) is 5.32 Å². The second-order valence-corrected chi connectivity index (χ2v) is 6.38. The van der Waals surface area contributed by atoms with Gasteiger partial charge in [0.15, 0.2) is 5.58 Å². The number of anilines is 1. The van der Waals surface area contributed by atoms with Crippen LogP contribution in [0.2, 0.25) is 5.02 Å². The van der Waals surface area contributed by atoms with Gasteiger partial charge in [-0.15, -0.1) is 0 Å². The van der Waals surface area contributed by atoms with E-state index in [1.54, 1.807) is 42.5 Å². The van der Waals surface area contributed by atoms with Gasteiger partial charge in [-0.3, -0.25) is 14.9 Å². The summed E-state index contributed by atoms with van der Waals surface area (Å²) < 4.78 is 5.73.